The molecule has 28 heavy (non-hydrogen) atoms. The molecule has 2 aromatic heterocycles. The van der Waals surface area contributed by atoms with Gasteiger partial charge < -0.3 is 10.2 Å². The lowest BCUT2D eigenvalue weighted by Crippen LogP contribution is -2.37. The third kappa shape index (κ3) is 4.08. The molecule has 0 aromatic carbocycles. The maximum Gasteiger partial charge on any atom is 0.225 e. The highest BCUT2D eigenvalue weighted by Gasteiger charge is 2.44. The number of hydrogen-bond acceptors (Lipinski definition) is 4. The second-order valence-electron chi connectivity index (χ2n) is 8.33. The molecule has 1 unspecified atom stereocenters. The van der Waals surface area contributed by atoms with Crippen molar-refractivity contribution in [2.24, 2.45) is 11.3 Å². The number of rotatable bonds is 7. The summed E-state index contributed by atoms with van der Waals surface area (Å²) in [6, 6.07) is 5.88. The molecule has 2 fully saturated rings. The average molecular weight is 381 g/mol. The average Bonchev–Trinajstić information content (AvgIpc) is 3.24. The molecule has 2 amide bonds. The highest BCUT2D eigenvalue weighted by atomic mass is 16.2. The van der Waals surface area contributed by atoms with Gasteiger partial charge >= 0.3 is 0 Å². The van der Waals surface area contributed by atoms with Crippen LogP contribution in [0.3, 0.4) is 0 Å². The van der Waals surface area contributed by atoms with Crippen LogP contribution in [0.1, 0.15) is 36.2 Å². The van der Waals surface area contributed by atoms with E-state index in [9.17, 15) is 9.59 Å². The molecule has 1 saturated heterocycles. The van der Waals surface area contributed by atoms with Crippen LogP contribution in [0.25, 0.3) is 0 Å². The van der Waals surface area contributed by atoms with E-state index in [4.69, 9.17) is 0 Å². The summed E-state index contributed by atoms with van der Waals surface area (Å²) in [5, 5.41) is 7.66. The summed E-state index contributed by atoms with van der Waals surface area (Å²) in [6.07, 6.45) is 5.93. The second-order valence-corrected chi connectivity index (χ2v) is 8.33. The van der Waals surface area contributed by atoms with Crippen molar-refractivity contribution in [2.45, 2.75) is 46.2 Å². The van der Waals surface area contributed by atoms with Crippen LogP contribution in [-0.2, 0) is 22.7 Å². The predicted molar refractivity (Wildman–Crippen MR) is 104 cm³/mol. The van der Waals surface area contributed by atoms with Crippen molar-refractivity contribution in [3.63, 3.8) is 0 Å². The Kier molecular flexibility index (Phi) is 4.91. The van der Waals surface area contributed by atoms with E-state index < -0.39 is 0 Å². The zero-order valence-corrected chi connectivity index (χ0v) is 16.5. The number of carbonyl (C=O) groups is 2. The molecule has 148 valence electrons. The maximum atomic E-state index is 12.7. The summed E-state index contributed by atoms with van der Waals surface area (Å²) < 4.78 is 2.05. The lowest BCUT2D eigenvalue weighted by atomic mass is 10.1. The fourth-order valence-corrected chi connectivity index (χ4v) is 3.95. The van der Waals surface area contributed by atoms with Gasteiger partial charge in [-0.1, -0.05) is 0 Å². The zero-order valence-electron chi connectivity index (χ0n) is 16.5. The van der Waals surface area contributed by atoms with Crippen LogP contribution in [0.5, 0.6) is 0 Å². The quantitative estimate of drug-likeness (QED) is 0.794. The fraction of sp³-hybridized carbons (Fsp3) is 0.524. The lowest BCUT2D eigenvalue weighted by Gasteiger charge is -2.19. The Morgan fingerprint density at radius 2 is 2.04 bits per heavy atom. The molecule has 7 heteroatoms. The van der Waals surface area contributed by atoms with Crippen LogP contribution in [-0.4, -0.2) is 44.6 Å². The summed E-state index contributed by atoms with van der Waals surface area (Å²) >= 11 is 0. The van der Waals surface area contributed by atoms with Crippen LogP contribution < -0.4 is 5.32 Å². The number of pyridine rings is 1. The standard InChI is InChI=1S/C21H27N5O2/c1-15-9-16(2)26(24-15)14-21(5-6-21)13-23-20(28)18-10-19(27)25(12-18)11-17-3-7-22-8-4-17/h3-4,7-9,18H,5-6,10-14H2,1-2H3,(H,23,28). The topological polar surface area (TPSA) is 80.1 Å². The van der Waals surface area contributed by atoms with Gasteiger partial charge in [0.15, 0.2) is 0 Å². The monoisotopic (exact) mass is 381 g/mol. The van der Waals surface area contributed by atoms with Gasteiger partial charge in [-0.15, -0.1) is 0 Å². The van der Waals surface area contributed by atoms with Crippen molar-refractivity contribution in [1.82, 2.24) is 25.0 Å². The van der Waals surface area contributed by atoms with Crippen molar-refractivity contribution in [2.75, 3.05) is 13.1 Å². The van der Waals surface area contributed by atoms with E-state index >= 15 is 0 Å². The molecule has 0 radical (unpaired) electrons. The first-order valence-corrected chi connectivity index (χ1v) is 9.90. The minimum atomic E-state index is -0.265. The van der Waals surface area contributed by atoms with Crippen molar-refractivity contribution < 1.29 is 9.59 Å². The molecule has 0 spiro atoms. The van der Waals surface area contributed by atoms with Gasteiger partial charge in [0.2, 0.25) is 11.8 Å². The second kappa shape index (κ2) is 7.37. The molecule has 1 saturated carbocycles. The van der Waals surface area contributed by atoms with E-state index in [0.29, 0.717) is 26.1 Å². The van der Waals surface area contributed by atoms with Crippen molar-refractivity contribution in [1.29, 1.82) is 0 Å². The molecule has 1 aliphatic heterocycles. The molecule has 1 aliphatic carbocycles. The molecule has 0 bridgehead atoms. The van der Waals surface area contributed by atoms with Gasteiger partial charge in [-0.05, 0) is 50.5 Å². The van der Waals surface area contributed by atoms with Gasteiger partial charge in [-0.2, -0.15) is 5.10 Å². The third-order valence-electron chi connectivity index (χ3n) is 5.89. The number of carbonyl (C=O) groups excluding carboxylic acids is 2. The third-order valence-corrected chi connectivity index (χ3v) is 5.89. The van der Waals surface area contributed by atoms with Crippen molar-refractivity contribution in [3.8, 4) is 0 Å². The molecule has 7 nitrogen and oxygen atoms in total. The Morgan fingerprint density at radius 1 is 1.29 bits per heavy atom. The Balaban J connectivity index is 1.29. The summed E-state index contributed by atoms with van der Waals surface area (Å²) in [4.78, 5) is 30.7. The van der Waals surface area contributed by atoms with E-state index in [-0.39, 0.29) is 23.1 Å². The van der Waals surface area contributed by atoms with Crippen LogP contribution in [0, 0.1) is 25.2 Å². The van der Waals surface area contributed by atoms with Gasteiger partial charge in [0, 0.05) is 56.1 Å². The number of aryl methyl sites for hydroxylation is 2. The Bertz CT molecular complexity index is 872. The predicted octanol–water partition coefficient (Wildman–Crippen LogP) is 1.84. The van der Waals surface area contributed by atoms with E-state index in [0.717, 1.165) is 36.3 Å². The molecule has 3 heterocycles. The van der Waals surface area contributed by atoms with E-state index in [1.165, 1.54) is 0 Å². The Morgan fingerprint density at radius 3 is 2.68 bits per heavy atom. The van der Waals surface area contributed by atoms with Crippen molar-refractivity contribution in [3.05, 3.63) is 47.5 Å². The molecule has 2 aliphatic rings. The first-order chi connectivity index (χ1) is 13.4. The highest BCUT2D eigenvalue weighted by molar-refractivity contribution is 5.89. The first kappa shape index (κ1) is 18.7. The molecule has 1 N–H and O–H groups in total. The minimum Gasteiger partial charge on any atom is -0.355 e. The summed E-state index contributed by atoms with van der Waals surface area (Å²) in [7, 11) is 0. The SMILES string of the molecule is Cc1cc(C)n(CC2(CNC(=O)C3CC(=O)N(Cc4ccncc4)C3)CC2)n1. The largest absolute Gasteiger partial charge is 0.355 e. The molecule has 2 aromatic rings. The smallest absolute Gasteiger partial charge is 0.225 e. The fourth-order valence-electron chi connectivity index (χ4n) is 3.95. The van der Waals surface area contributed by atoms with Gasteiger partial charge in [0.05, 0.1) is 11.6 Å². The summed E-state index contributed by atoms with van der Waals surface area (Å²) in [6.45, 7) is 6.57. The number of aromatic nitrogens is 3. The van der Waals surface area contributed by atoms with Crippen LogP contribution >= 0.6 is 0 Å². The Hall–Kier alpha value is -2.70. The van der Waals surface area contributed by atoms with Crippen LogP contribution in [0.4, 0.5) is 0 Å². The number of nitrogens with zero attached hydrogens (tertiary/aromatic N) is 4. The van der Waals surface area contributed by atoms with E-state index in [1.54, 1.807) is 17.3 Å². The van der Waals surface area contributed by atoms with E-state index in [1.807, 2.05) is 23.7 Å². The highest BCUT2D eigenvalue weighted by Crippen LogP contribution is 2.46. The molecule has 1 atom stereocenters. The molecular weight excluding hydrogens is 354 g/mol. The first-order valence-electron chi connectivity index (χ1n) is 9.90. The normalized spacial score (nSPS) is 20.4. The Labute approximate surface area is 165 Å². The zero-order chi connectivity index (χ0) is 19.7. The van der Waals surface area contributed by atoms with Crippen LogP contribution in [0.2, 0.25) is 0 Å². The van der Waals surface area contributed by atoms with Gasteiger partial charge in [0.1, 0.15) is 0 Å². The van der Waals surface area contributed by atoms with Crippen LogP contribution in [0.15, 0.2) is 30.6 Å². The number of amides is 2. The van der Waals surface area contributed by atoms with Gasteiger partial charge in [-0.25, -0.2) is 0 Å². The van der Waals surface area contributed by atoms with Gasteiger partial charge in [0.25, 0.3) is 0 Å². The minimum absolute atomic E-state index is 0.00905. The van der Waals surface area contributed by atoms with E-state index in [2.05, 4.69) is 28.4 Å². The number of likely N-dealkylation sites (tertiary alicyclic amines) is 1. The molecule has 4 rings (SSSR count). The van der Waals surface area contributed by atoms with Gasteiger partial charge in [-0.3, -0.25) is 19.3 Å². The molecular formula is C21H27N5O2. The maximum absolute atomic E-state index is 12.7. The number of hydrogen-bond donors (Lipinski definition) is 1. The number of nitrogens with one attached hydrogen (secondary N) is 1. The van der Waals surface area contributed by atoms with Crippen molar-refractivity contribution >= 4 is 11.8 Å². The summed E-state index contributed by atoms with van der Waals surface area (Å²) in [5.41, 5.74) is 3.32. The summed E-state index contributed by atoms with van der Waals surface area (Å²) in [5.74, 6) is -0.232. The lowest BCUT2D eigenvalue weighted by molar-refractivity contribution is -0.129.